The van der Waals surface area contributed by atoms with Gasteiger partial charge in [0.25, 0.3) is 0 Å². The molecule has 1 aromatic rings. The SMILES string of the molecule is C[C@@H](c1ccncc1)N1C[C@@]23C=C[C@@H](O2)[C@H](C(=O)O)[C@@H]3C1=O. The molecule has 0 unspecified atom stereocenters. The Kier molecular flexibility index (Phi) is 2.69. The van der Waals surface area contributed by atoms with Crippen LogP contribution in [0.15, 0.2) is 36.7 Å². The number of nitrogens with zero attached hydrogens (tertiary/aromatic N) is 2. The molecule has 6 nitrogen and oxygen atoms in total. The van der Waals surface area contributed by atoms with E-state index < -0.39 is 29.5 Å². The standard InChI is InChI=1S/C16H16N2O4/c1-9(10-3-6-17-7-4-10)18-8-16-5-2-11(22-16)12(15(20)21)13(16)14(18)19/h2-7,9,11-13H,8H2,1H3,(H,20,21)/t9-,11+,12-,13+,16+/m0/s1. The average Bonchev–Trinajstić information content (AvgIpc) is 3.15. The van der Waals surface area contributed by atoms with Crippen LogP contribution in [0.4, 0.5) is 0 Å². The van der Waals surface area contributed by atoms with E-state index in [1.807, 2.05) is 25.1 Å². The molecule has 114 valence electrons. The highest BCUT2D eigenvalue weighted by Crippen LogP contribution is 2.53. The number of likely N-dealkylation sites (tertiary alicyclic amines) is 1. The van der Waals surface area contributed by atoms with Gasteiger partial charge in [-0.1, -0.05) is 12.2 Å². The number of carbonyl (C=O) groups is 2. The smallest absolute Gasteiger partial charge is 0.310 e. The van der Waals surface area contributed by atoms with Crippen LogP contribution in [-0.4, -0.2) is 45.1 Å². The molecule has 22 heavy (non-hydrogen) atoms. The highest BCUT2D eigenvalue weighted by atomic mass is 16.5. The lowest BCUT2D eigenvalue weighted by molar-refractivity contribution is -0.148. The van der Waals surface area contributed by atoms with E-state index in [0.717, 1.165) is 5.56 Å². The number of aromatic nitrogens is 1. The average molecular weight is 300 g/mol. The first-order chi connectivity index (χ1) is 10.5. The van der Waals surface area contributed by atoms with Gasteiger partial charge in [0.05, 0.1) is 24.6 Å². The van der Waals surface area contributed by atoms with Crippen molar-refractivity contribution in [2.75, 3.05) is 6.54 Å². The van der Waals surface area contributed by atoms with Gasteiger partial charge >= 0.3 is 5.97 Å². The Morgan fingerprint density at radius 2 is 2.23 bits per heavy atom. The predicted octanol–water partition coefficient (Wildman–Crippen LogP) is 1.01. The highest BCUT2D eigenvalue weighted by Gasteiger charge is 2.67. The van der Waals surface area contributed by atoms with Crippen molar-refractivity contribution in [3.05, 3.63) is 42.2 Å². The van der Waals surface area contributed by atoms with Crippen molar-refractivity contribution >= 4 is 11.9 Å². The Morgan fingerprint density at radius 3 is 2.91 bits per heavy atom. The van der Waals surface area contributed by atoms with Gasteiger partial charge in [0.2, 0.25) is 5.91 Å². The van der Waals surface area contributed by atoms with Crippen molar-refractivity contribution < 1.29 is 19.4 Å². The van der Waals surface area contributed by atoms with Gasteiger partial charge in [-0.15, -0.1) is 0 Å². The summed E-state index contributed by atoms with van der Waals surface area (Å²) < 4.78 is 5.88. The summed E-state index contributed by atoms with van der Waals surface area (Å²) in [5.74, 6) is -2.51. The largest absolute Gasteiger partial charge is 0.481 e. The molecule has 1 amide bonds. The van der Waals surface area contributed by atoms with Crippen molar-refractivity contribution in [2.24, 2.45) is 11.8 Å². The number of amides is 1. The first-order valence-corrected chi connectivity index (χ1v) is 7.34. The topological polar surface area (TPSA) is 79.7 Å². The molecule has 1 aromatic heterocycles. The van der Waals surface area contributed by atoms with Crippen molar-refractivity contribution in [2.45, 2.75) is 24.7 Å². The summed E-state index contributed by atoms with van der Waals surface area (Å²) in [7, 11) is 0. The molecule has 2 bridgehead atoms. The van der Waals surface area contributed by atoms with E-state index >= 15 is 0 Å². The van der Waals surface area contributed by atoms with Gasteiger partial charge in [0.15, 0.2) is 0 Å². The highest BCUT2D eigenvalue weighted by molar-refractivity contribution is 5.91. The molecule has 0 aromatic carbocycles. The van der Waals surface area contributed by atoms with Crippen molar-refractivity contribution in [3.8, 4) is 0 Å². The number of carboxylic acids is 1. The van der Waals surface area contributed by atoms with E-state index in [1.165, 1.54) is 0 Å². The molecule has 5 atom stereocenters. The molecule has 4 rings (SSSR count). The first kappa shape index (κ1) is 13.5. The molecule has 0 radical (unpaired) electrons. The Morgan fingerprint density at radius 1 is 1.50 bits per heavy atom. The summed E-state index contributed by atoms with van der Waals surface area (Å²) in [5, 5.41) is 9.45. The fourth-order valence-electron chi connectivity index (χ4n) is 3.96. The Balaban J connectivity index is 1.68. The maximum atomic E-state index is 12.8. The Labute approximate surface area is 127 Å². The number of pyridine rings is 1. The number of aliphatic carboxylic acids is 1. The summed E-state index contributed by atoms with van der Waals surface area (Å²) in [6, 6.07) is 3.60. The number of hydrogen-bond donors (Lipinski definition) is 1. The van der Waals surface area contributed by atoms with Crippen molar-refractivity contribution in [1.82, 2.24) is 9.88 Å². The monoisotopic (exact) mass is 300 g/mol. The summed E-state index contributed by atoms with van der Waals surface area (Å²) in [6.45, 7) is 2.34. The molecule has 0 saturated carbocycles. The number of fused-ring (bicyclic) bond motifs is 1. The lowest BCUT2D eigenvalue weighted by atomic mass is 9.77. The summed E-state index contributed by atoms with van der Waals surface area (Å²) in [5.41, 5.74) is 0.205. The molecule has 4 heterocycles. The predicted molar refractivity (Wildman–Crippen MR) is 75.7 cm³/mol. The Bertz CT molecular complexity index is 674. The van der Waals surface area contributed by atoms with E-state index in [9.17, 15) is 14.7 Å². The van der Waals surface area contributed by atoms with Gasteiger partial charge in [0, 0.05) is 12.4 Å². The second-order valence-electron chi connectivity index (χ2n) is 6.16. The molecule has 2 saturated heterocycles. The molecule has 3 aliphatic heterocycles. The number of ether oxygens (including phenoxy) is 1. The van der Waals surface area contributed by atoms with Gasteiger partial charge in [-0.2, -0.15) is 0 Å². The summed E-state index contributed by atoms with van der Waals surface area (Å²) >= 11 is 0. The van der Waals surface area contributed by atoms with Crippen LogP contribution in [0.5, 0.6) is 0 Å². The molecular weight excluding hydrogens is 284 g/mol. The van der Waals surface area contributed by atoms with Crippen LogP contribution in [0.2, 0.25) is 0 Å². The second-order valence-corrected chi connectivity index (χ2v) is 6.16. The normalized spacial score (nSPS) is 36.7. The first-order valence-electron chi connectivity index (χ1n) is 7.34. The minimum Gasteiger partial charge on any atom is -0.481 e. The number of rotatable bonds is 3. The lowest BCUT2D eigenvalue weighted by Gasteiger charge is -2.27. The zero-order chi connectivity index (χ0) is 15.5. The van der Waals surface area contributed by atoms with E-state index in [-0.39, 0.29) is 11.9 Å². The van der Waals surface area contributed by atoms with Crippen LogP contribution in [-0.2, 0) is 14.3 Å². The maximum Gasteiger partial charge on any atom is 0.310 e. The van der Waals surface area contributed by atoms with E-state index in [4.69, 9.17) is 4.74 Å². The summed E-state index contributed by atoms with van der Waals surface area (Å²) in [6.07, 6.45) is 6.55. The van der Waals surface area contributed by atoms with E-state index in [0.29, 0.717) is 6.54 Å². The van der Waals surface area contributed by atoms with Gasteiger partial charge < -0.3 is 14.7 Å². The number of carboxylic acid groups (broad SMARTS) is 1. The molecule has 2 fully saturated rings. The van der Waals surface area contributed by atoms with Gasteiger partial charge in [-0.3, -0.25) is 14.6 Å². The third-order valence-corrected chi connectivity index (χ3v) is 5.07. The van der Waals surface area contributed by atoms with Gasteiger partial charge in [-0.25, -0.2) is 0 Å². The molecular formula is C16H16N2O4. The van der Waals surface area contributed by atoms with E-state index in [2.05, 4.69) is 4.98 Å². The quantitative estimate of drug-likeness (QED) is 0.843. The Hall–Kier alpha value is -2.21. The van der Waals surface area contributed by atoms with Crippen LogP contribution >= 0.6 is 0 Å². The van der Waals surface area contributed by atoms with Crippen LogP contribution < -0.4 is 0 Å². The van der Waals surface area contributed by atoms with Crippen molar-refractivity contribution in [1.29, 1.82) is 0 Å². The van der Waals surface area contributed by atoms with Crippen LogP contribution in [0.1, 0.15) is 18.5 Å². The van der Waals surface area contributed by atoms with Crippen molar-refractivity contribution in [3.63, 3.8) is 0 Å². The van der Waals surface area contributed by atoms with Gasteiger partial charge in [-0.05, 0) is 24.6 Å². The third-order valence-electron chi connectivity index (χ3n) is 5.07. The number of carbonyl (C=O) groups excluding carboxylic acids is 1. The fraction of sp³-hybridized carbons (Fsp3) is 0.438. The zero-order valence-electron chi connectivity index (χ0n) is 12.0. The molecule has 1 spiro atoms. The van der Waals surface area contributed by atoms with Crippen LogP contribution in [0, 0.1) is 11.8 Å². The number of hydrogen-bond acceptors (Lipinski definition) is 4. The molecule has 6 heteroatoms. The zero-order valence-corrected chi connectivity index (χ0v) is 12.0. The van der Waals surface area contributed by atoms with Crippen LogP contribution in [0.25, 0.3) is 0 Å². The molecule has 1 N–H and O–H groups in total. The minimum atomic E-state index is -0.965. The molecule has 3 aliphatic rings. The van der Waals surface area contributed by atoms with Gasteiger partial charge in [0.1, 0.15) is 11.5 Å². The van der Waals surface area contributed by atoms with E-state index in [1.54, 1.807) is 23.4 Å². The second kappa shape index (κ2) is 4.39. The lowest BCUT2D eigenvalue weighted by Crippen LogP contribution is -2.39. The van der Waals surface area contributed by atoms with Crippen LogP contribution in [0.3, 0.4) is 0 Å². The maximum absolute atomic E-state index is 12.8. The third kappa shape index (κ3) is 1.61. The minimum absolute atomic E-state index is 0.136. The fourth-order valence-corrected chi connectivity index (χ4v) is 3.96. The molecule has 0 aliphatic carbocycles. The summed E-state index contributed by atoms with van der Waals surface area (Å²) in [4.78, 5) is 30.1.